The van der Waals surface area contributed by atoms with Crippen LogP contribution >= 0.6 is 0 Å². The average molecular weight is 252 g/mol. The monoisotopic (exact) mass is 252 g/mol. The molecule has 1 aromatic rings. The zero-order valence-corrected chi connectivity index (χ0v) is 11.7. The zero-order chi connectivity index (χ0) is 13.4. The summed E-state index contributed by atoms with van der Waals surface area (Å²) < 4.78 is 13.4. The topological polar surface area (TPSA) is 15.3 Å². The van der Waals surface area contributed by atoms with E-state index in [0.717, 1.165) is 25.1 Å². The van der Waals surface area contributed by atoms with Gasteiger partial charge in [-0.1, -0.05) is 18.2 Å². The van der Waals surface area contributed by atoms with Crippen LogP contribution < -0.4 is 5.32 Å². The number of benzene rings is 1. The summed E-state index contributed by atoms with van der Waals surface area (Å²) in [5.74, 6) is -0.0984. The minimum Gasteiger partial charge on any atom is -0.314 e. The Bertz CT molecular complexity index is 339. The van der Waals surface area contributed by atoms with Crippen LogP contribution in [0, 0.1) is 5.82 Å². The molecular weight excluding hydrogens is 227 g/mol. The molecule has 0 aromatic heterocycles. The van der Waals surface area contributed by atoms with Crippen molar-refractivity contribution in [1.82, 2.24) is 10.2 Å². The maximum atomic E-state index is 13.4. The van der Waals surface area contributed by atoms with Crippen molar-refractivity contribution in [2.45, 2.75) is 32.2 Å². The molecule has 102 valence electrons. The van der Waals surface area contributed by atoms with Gasteiger partial charge < -0.3 is 10.2 Å². The largest absolute Gasteiger partial charge is 0.314 e. The molecule has 2 nitrogen and oxygen atoms in total. The minimum atomic E-state index is -0.0984. The van der Waals surface area contributed by atoms with Crippen LogP contribution in [0.2, 0.25) is 0 Å². The highest BCUT2D eigenvalue weighted by Gasteiger charge is 2.06. The molecule has 0 saturated carbocycles. The third-order valence-corrected chi connectivity index (χ3v) is 3.01. The summed E-state index contributed by atoms with van der Waals surface area (Å²) in [5, 5.41) is 3.45. The predicted octanol–water partition coefficient (Wildman–Crippen LogP) is 2.69. The van der Waals surface area contributed by atoms with Crippen LogP contribution in [-0.4, -0.2) is 38.1 Å². The average Bonchev–Trinajstić information content (AvgIpc) is 2.31. The van der Waals surface area contributed by atoms with E-state index >= 15 is 0 Å². The molecule has 0 bridgehead atoms. The highest BCUT2D eigenvalue weighted by molar-refractivity contribution is 5.18. The van der Waals surface area contributed by atoms with Crippen molar-refractivity contribution in [3.8, 4) is 0 Å². The molecule has 0 aliphatic heterocycles. The van der Waals surface area contributed by atoms with E-state index in [4.69, 9.17) is 0 Å². The zero-order valence-electron chi connectivity index (χ0n) is 11.7. The van der Waals surface area contributed by atoms with E-state index in [1.54, 1.807) is 6.07 Å². The number of nitrogens with one attached hydrogen (secondary N) is 1. The fourth-order valence-electron chi connectivity index (χ4n) is 1.97. The Balaban J connectivity index is 2.18. The molecule has 0 fully saturated rings. The molecule has 0 aliphatic carbocycles. The quantitative estimate of drug-likeness (QED) is 0.716. The number of halogens is 1. The number of hydrogen-bond donors (Lipinski definition) is 1. The summed E-state index contributed by atoms with van der Waals surface area (Å²) in [7, 11) is 4.18. The summed E-state index contributed by atoms with van der Waals surface area (Å²) in [6.45, 7) is 4.24. The first-order valence-corrected chi connectivity index (χ1v) is 6.71. The van der Waals surface area contributed by atoms with E-state index in [0.29, 0.717) is 6.04 Å². The first kappa shape index (κ1) is 15.1. The van der Waals surface area contributed by atoms with Gasteiger partial charge in [-0.15, -0.1) is 0 Å². The van der Waals surface area contributed by atoms with Crippen LogP contribution in [0.4, 0.5) is 4.39 Å². The first-order chi connectivity index (χ1) is 8.59. The molecule has 1 unspecified atom stereocenters. The SMILES string of the molecule is CC(Cc1ccccc1F)NCCCCN(C)C. The molecule has 1 aromatic carbocycles. The number of hydrogen-bond acceptors (Lipinski definition) is 2. The maximum Gasteiger partial charge on any atom is 0.126 e. The van der Waals surface area contributed by atoms with Gasteiger partial charge in [0.05, 0.1) is 0 Å². The molecule has 0 heterocycles. The lowest BCUT2D eigenvalue weighted by Gasteiger charge is -2.15. The fraction of sp³-hybridized carbons (Fsp3) is 0.600. The van der Waals surface area contributed by atoms with Crippen molar-refractivity contribution in [3.63, 3.8) is 0 Å². The molecule has 3 heteroatoms. The van der Waals surface area contributed by atoms with Crippen LogP contribution in [0.3, 0.4) is 0 Å². The summed E-state index contributed by atoms with van der Waals surface area (Å²) in [5.41, 5.74) is 0.797. The van der Waals surface area contributed by atoms with E-state index in [1.165, 1.54) is 18.9 Å². The van der Waals surface area contributed by atoms with Gasteiger partial charge in [-0.05, 0) is 65.0 Å². The molecular formula is C15H25FN2. The Morgan fingerprint density at radius 1 is 1.22 bits per heavy atom. The number of nitrogens with zero attached hydrogens (tertiary/aromatic N) is 1. The summed E-state index contributed by atoms with van der Waals surface area (Å²) >= 11 is 0. The van der Waals surface area contributed by atoms with Gasteiger partial charge in [-0.2, -0.15) is 0 Å². The molecule has 0 amide bonds. The summed E-state index contributed by atoms with van der Waals surface area (Å²) in [6.07, 6.45) is 3.12. The van der Waals surface area contributed by atoms with Gasteiger partial charge in [-0.25, -0.2) is 4.39 Å². The second-order valence-electron chi connectivity index (χ2n) is 5.16. The Labute approximate surface area is 110 Å². The minimum absolute atomic E-state index is 0.0984. The molecule has 1 N–H and O–H groups in total. The number of rotatable bonds is 8. The van der Waals surface area contributed by atoms with Crippen LogP contribution in [0.1, 0.15) is 25.3 Å². The van der Waals surface area contributed by atoms with E-state index in [1.807, 2.05) is 12.1 Å². The van der Waals surface area contributed by atoms with Crippen molar-refractivity contribution in [2.75, 3.05) is 27.2 Å². The van der Waals surface area contributed by atoms with Crippen LogP contribution in [-0.2, 0) is 6.42 Å². The highest BCUT2D eigenvalue weighted by Crippen LogP contribution is 2.08. The Kier molecular flexibility index (Phi) is 6.91. The Hall–Kier alpha value is -0.930. The third kappa shape index (κ3) is 6.12. The predicted molar refractivity (Wildman–Crippen MR) is 75.4 cm³/mol. The second kappa shape index (κ2) is 8.22. The molecule has 0 aliphatic rings. The smallest absolute Gasteiger partial charge is 0.126 e. The molecule has 1 atom stereocenters. The third-order valence-electron chi connectivity index (χ3n) is 3.01. The van der Waals surface area contributed by atoms with Crippen molar-refractivity contribution < 1.29 is 4.39 Å². The Morgan fingerprint density at radius 2 is 1.94 bits per heavy atom. The van der Waals surface area contributed by atoms with Crippen LogP contribution in [0.5, 0.6) is 0 Å². The number of unbranched alkanes of at least 4 members (excludes halogenated alkanes) is 1. The molecule has 18 heavy (non-hydrogen) atoms. The normalized spacial score (nSPS) is 12.9. The van der Waals surface area contributed by atoms with Crippen molar-refractivity contribution in [3.05, 3.63) is 35.6 Å². The van der Waals surface area contributed by atoms with Gasteiger partial charge in [0.1, 0.15) is 5.82 Å². The van der Waals surface area contributed by atoms with Crippen molar-refractivity contribution in [2.24, 2.45) is 0 Å². The highest BCUT2D eigenvalue weighted by atomic mass is 19.1. The molecule has 0 saturated heterocycles. The second-order valence-corrected chi connectivity index (χ2v) is 5.16. The van der Waals surface area contributed by atoms with E-state index in [-0.39, 0.29) is 5.82 Å². The Morgan fingerprint density at radius 3 is 2.61 bits per heavy atom. The van der Waals surface area contributed by atoms with Crippen LogP contribution in [0.25, 0.3) is 0 Å². The standard InChI is InChI=1S/C15H25FN2/c1-13(17-10-6-7-11-18(2)3)12-14-8-4-5-9-15(14)16/h4-5,8-9,13,17H,6-7,10-12H2,1-3H3. The van der Waals surface area contributed by atoms with Gasteiger partial charge in [0.2, 0.25) is 0 Å². The van der Waals surface area contributed by atoms with E-state index < -0.39 is 0 Å². The van der Waals surface area contributed by atoms with Gasteiger partial charge in [0, 0.05) is 6.04 Å². The van der Waals surface area contributed by atoms with Gasteiger partial charge in [0.15, 0.2) is 0 Å². The fourth-order valence-corrected chi connectivity index (χ4v) is 1.97. The molecule has 0 spiro atoms. The van der Waals surface area contributed by atoms with Gasteiger partial charge in [0.25, 0.3) is 0 Å². The van der Waals surface area contributed by atoms with Gasteiger partial charge >= 0.3 is 0 Å². The van der Waals surface area contributed by atoms with Crippen molar-refractivity contribution in [1.29, 1.82) is 0 Å². The van der Waals surface area contributed by atoms with Crippen LogP contribution in [0.15, 0.2) is 24.3 Å². The summed E-state index contributed by atoms with van der Waals surface area (Å²) in [4.78, 5) is 2.20. The lowest BCUT2D eigenvalue weighted by molar-refractivity contribution is 0.388. The lowest BCUT2D eigenvalue weighted by atomic mass is 10.1. The van der Waals surface area contributed by atoms with E-state index in [9.17, 15) is 4.39 Å². The van der Waals surface area contributed by atoms with E-state index in [2.05, 4.69) is 31.2 Å². The molecule has 1 rings (SSSR count). The van der Waals surface area contributed by atoms with Crippen molar-refractivity contribution >= 4 is 0 Å². The molecule has 0 radical (unpaired) electrons. The lowest BCUT2D eigenvalue weighted by Crippen LogP contribution is -2.29. The maximum absolute atomic E-state index is 13.4. The first-order valence-electron chi connectivity index (χ1n) is 6.71. The van der Waals surface area contributed by atoms with Gasteiger partial charge in [-0.3, -0.25) is 0 Å². The summed E-state index contributed by atoms with van der Waals surface area (Å²) in [6, 6.07) is 7.33.